The van der Waals surface area contributed by atoms with E-state index >= 15 is 0 Å². The van der Waals surface area contributed by atoms with Crippen LogP contribution in [0.1, 0.15) is 19.5 Å². The van der Waals surface area contributed by atoms with Crippen LogP contribution in [0.15, 0.2) is 42.5 Å². The van der Waals surface area contributed by atoms with Gasteiger partial charge in [0.2, 0.25) is 6.79 Å². The van der Waals surface area contributed by atoms with Gasteiger partial charge in [0.15, 0.2) is 11.5 Å². The highest BCUT2D eigenvalue weighted by Gasteiger charge is 2.18. The normalized spacial score (nSPS) is 12.7. The summed E-state index contributed by atoms with van der Waals surface area (Å²) in [6, 6.07) is 14.3. The Morgan fingerprint density at radius 2 is 1.77 bits per heavy atom. The van der Waals surface area contributed by atoms with Gasteiger partial charge in [0.1, 0.15) is 18.9 Å². The van der Waals surface area contributed by atoms with Crippen LogP contribution in [0.5, 0.6) is 17.2 Å². The lowest BCUT2D eigenvalue weighted by molar-refractivity contribution is -0.906. The smallest absolute Gasteiger partial charge is 0.231 e. The van der Waals surface area contributed by atoms with Gasteiger partial charge in [-0.1, -0.05) is 12.1 Å². The number of fused-ring (bicyclic) bond motifs is 2. The molecule has 0 atom stereocenters. The Balaban J connectivity index is 0.00000256. The molecule has 1 aliphatic rings. The van der Waals surface area contributed by atoms with Crippen molar-refractivity contribution in [1.29, 1.82) is 0 Å². The van der Waals surface area contributed by atoms with E-state index in [1.54, 1.807) is 0 Å². The number of quaternary nitrogens is 1. The second-order valence-electron chi connectivity index (χ2n) is 7.89. The zero-order chi connectivity index (χ0) is 20.4. The number of hydrogen-bond donors (Lipinski definition) is 0. The molecule has 0 saturated heterocycles. The van der Waals surface area contributed by atoms with Gasteiger partial charge in [0.05, 0.1) is 25.8 Å². The van der Waals surface area contributed by atoms with Crippen molar-refractivity contribution in [2.75, 3.05) is 40.1 Å². The Morgan fingerprint density at radius 3 is 2.50 bits per heavy atom. The number of nitrogens with zero attached hydrogens (tertiary/aromatic N) is 2. The number of aromatic nitrogens is 1. The van der Waals surface area contributed by atoms with E-state index in [4.69, 9.17) is 19.2 Å². The molecular weight excluding hydrogens is 444 g/mol. The van der Waals surface area contributed by atoms with Crippen molar-refractivity contribution in [1.82, 2.24) is 4.98 Å². The predicted octanol–water partition coefficient (Wildman–Crippen LogP) is 1.81. The van der Waals surface area contributed by atoms with E-state index in [9.17, 15) is 0 Å². The predicted molar refractivity (Wildman–Crippen MR) is 116 cm³/mol. The van der Waals surface area contributed by atoms with Crippen LogP contribution in [0.4, 0.5) is 0 Å². The van der Waals surface area contributed by atoms with Crippen LogP contribution in [0.25, 0.3) is 22.0 Å². The maximum absolute atomic E-state index is 6.10. The van der Waals surface area contributed by atoms with E-state index in [1.165, 1.54) is 0 Å². The lowest BCUT2D eigenvalue weighted by Gasteiger charge is -2.31. The molecule has 4 rings (SSSR count). The van der Waals surface area contributed by atoms with Crippen LogP contribution in [-0.2, 0) is 0 Å². The van der Waals surface area contributed by atoms with Gasteiger partial charge in [-0.2, -0.15) is 0 Å². The Morgan fingerprint density at radius 1 is 1.03 bits per heavy atom. The Kier molecular flexibility index (Phi) is 6.88. The summed E-state index contributed by atoms with van der Waals surface area (Å²) >= 11 is 0. The molecule has 160 valence electrons. The van der Waals surface area contributed by atoms with Gasteiger partial charge in [0, 0.05) is 16.6 Å². The van der Waals surface area contributed by atoms with Crippen LogP contribution in [0, 0.1) is 6.92 Å². The Labute approximate surface area is 188 Å². The molecule has 0 amide bonds. The highest BCUT2D eigenvalue weighted by Crippen LogP contribution is 2.39. The third kappa shape index (κ3) is 4.55. The van der Waals surface area contributed by atoms with Crippen molar-refractivity contribution in [3.05, 3.63) is 48.2 Å². The topological polar surface area (TPSA) is 40.6 Å². The van der Waals surface area contributed by atoms with E-state index in [-0.39, 0.29) is 23.8 Å². The van der Waals surface area contributed by atoms with Gasteiger partial charge in [0.25, 0.3) is 0 Å². The SMILES string of the molecule is CC[N+](C)(CC)CCOc1cccc(-c2nc(C)cc3cc4c(cc23)OCO4)c1.[Br-]. The van der Waals surface area contributed by atoms with Gasteiger partial charge in [-0.25, -0.2) is 0 Å². The summed E-state index contributed by atoms with van der Waals surface area (Å²) in [6.07, 6.45) is 0. The van der Waals surface area contributed by atoms with Crippen LogP contribution in [0.3, 0.4) is 0 Å². The van der Waals surface area contributed by atoms with E-state index in [0.717, 1.165) is 69.1 Å². The monoisotopic (exact) mass is 472 g/mol. The van der Waals surface area contributed by atoms with E-state index < -0.39 is 0 Å². The van der Waals surface area contributed by atoms with Crippen LogP contribution < -0.4 is 31.2 Å². The fourth-order valence-corrected chi connectivity index (χ4v) is 3.65. The van der Waals surface area contributed by atoms with Crippen molar-refractivity contribution in [3.63, 3.8) is 0 Å². The van der Waals surface area contributed by atoms with Crippen molar-refractivity contribution >= 4 is 10.8 Å². The average Bonchev–Trinajstić information content (AvgIpc) is 3.19. The molecule has 3 aromatic rings. The highest BCUT2D eigenvalue weighted by molar-refractivity contribution is 5.97. The molecule has 0 aliphatic carbocycles. The molecule has 5 nitrogen and oxygen atoms in total. The molecule has 0 spiro atoms. The Bertz CT molecular complexity index is 1030. The number of ether oxygens (including phenoxy) is 3. The number of likely N-dealkylation sites (N-methyl/N-ethyl adjacent to an activating group) is 1. The maximum atomic E-state index is 6.10. The van der Waals surface area contributed by atoms with Gasteiger partial charge in [-0.15, -0.1) is 0 Å². The van der Waals surface area contributed by atoms with E-state index in [2.05, 4.69) is 39.1 Å². The highest BCUT2D eigenvalue weighted by atomic mass is 79.9. The summed E-state index contributed by atoms with van der Waals surface area (Å²) in [4.78, 5) is 4.83. The molecule has 0 unspecified atom stereocenters. The summed E-state index contributed by atoms with van der Waals surface area (Å²) in [6.45, 7) is 10.6. The molecule has 0 saturated carbocycles. The first kappa shape index (κ1) is 22.4. The maximum Gasteiger partial charge on any atom is 0.231 e. The molecule has 1 aliphatic heterocycles. The first-order valence-corrected chi connectivity index (χ1v) is 10.3. The summed E-state index contributed by atoms with van der Waals surface area (Å²) in [7, 11) is 2.27. The van der Waals surface area contributed by atoms with Crippen LogP contribution in [0.2, 0.25) is 0 Å². The van der Waals surface area contributed by atoms with Crippen molar-refractivity contribution in [2.45, 2.75) is 20.8 Å². The molecule has 1 aromatic heterocycles. The average molecular weight is 473 g/mol. The number of benzene rings is 2. The van der Waals surface area contributed by atoms with Crippen LogP contribution >= 0.6 is 0 Å². The Hall–Kier alpha value is -2.31. The molecule has 0 N–H and O–H groups in total. The first-order valence-electron chi connectivity index (χ1n) is 10.3. The quantitative estimate of drug-likeness (QED) is 0.491. The van der Waals surface area contributed by atoms with Gasteiger partial charge < -0.3 is 35.7 Å². The molecule has 0 bridgehead atoms. The molecule has 0 radical (unpaired) electrons. The van der Waals surface area contributed by atoms with Crippen molar-refractivity contribution < 1.29 is 35.7 Å². The molecule has 0 fully saturated rings. The lowest BCUT2D eigenvalue weighted by atomic mass is 10.0. The second-order valence-corrected chi connectivity index (χ2v) is 7.89. The summed E-state index contributed by atoms with van der Waals surface area (Å²) in [5.41, 5.74) is 2.95. The fourth-order valence-electron chi connectivity index (χ4n) is 3.65. The lowest BCUT2D eigenvalue weighted by Crippen LogP contribution is -3.00. The molecule has 6 heteroatoms. The van der Waals surface area contributed by atoms with E-state index in [0.29, 0.717) is 6.61 Å². The summed E-state index contributed by atoms with van der Waals surface area (Å²) in [5.74, 6) is 2.44. The largest absolute Gasteiger partial charge is 1.00 e. The second kappa shape index (κ2) is 9.23. The van der Waals surface area contributed by atoms with E-state index in [1.807, 2.05) is 31.2 Å². The molecule has 2 aromatic carbocycles. The third-order valence-corrected chi connectivity index (χ3v) is 5.99. The number of aryl methyl sites for hydroxylation is 1. The van der Waals surface area contributed by atoms with Gasteiger partial charge >= 0.3 is 0 Å². The minimum atomic E-state index is 0. The fraction of sp³-hybridized carbons (Fsp3) is 0.375. The van der Waals surface area contributed by atoms with Crippen molar-refractivity contribution in [3.8, 4) is 28.5 Å². The first-order chi connectivity index (χ1) is 14.0. The number of rotatable bonds is 7. The molecular formula is C24H29BrN2O3. The third-order valence-electron chi connectivity index (χ3n) is 5.99. The minimum Gasteiger partial charge on any atom is -1.00 e. The molecule has 2 heterocycles. The van der Waals surface area contributed by atoms with Gasteiger partial charge in [-0.05, 0) is 56.5 Å². The summed E-state index contributed by atoms with van der Waals surface area (Å²) in [5, 5.41) is 2.15. The minimum absolute atomic E-state index is 0. The zero-order valence-corrected chi connectivity index (χ0v) is 19.7. The van der Waals surface area contributed by atoms with Gasteiger partial charge in [-0.3, -0.25) is 4.98 Å². The van der Waals surface area contributed by atoms with Crippen molar-refractivity contribution in [2.24, 2.45) is 0 Å². The number of halogens is 1. The summed E-state index contributed by atoms with van der Waals surface area (Å²) < 4.78 is 18.2. The molecule has 30 heavy (non-hydrogen) atoms. The number of hydrogen-bond acceptors (Lipinski definition) is 4. The number of pyridine rings is 1. The van der Waals surface area contributed by atoms with Crippen LogP contribution in [-0.4, -0.2) is 49.5 Å². The zero-order valence-electron chi connectivity index (χ0n) is 18.1. The standard InChI is InChI=1S/C24H29N2O3.BrH/c1-5-26(4,6-2)10-11-27-20-9-7-8-18(13-20)24-21-15-23-22(28-16-29-23)14-19(21)12-17(3)25-24;/h7-9,12-15H,5-6,10-11,16H2,1-4H3;1H/q+1;/p-1.